The van der Waals surface area contributed by atoms with Crippen molar-refractivity contribution in [2.45, 2.75) is 19.3 Å². The van der Waals surface area contributed by atoms with Gasteiger partial charge in [-0.3, -0.25) is 0 Å². The van der Waals surface area contributed by atoms with Crippen LogP contribution in [0.4, 0.5) is 0 Å². The highest BCUT2D eigenvalue weighted by Crippen LogP contribution is 2.22. The first kappa shape index (κ1) is 17.7. The number of rotatable bonds is 7. The quantitative estimate of drug-likeness (QED) is 0.548. The Bertz CT molecular complexity index is 817. The van der Waals surface area contributed by atoms with E-state index >= 15 is 0 Å². The number of imidazole rings is 1. The van der Waals surface area contributed by atoms with E-state index in [1.165, 1.54) is 0 Å². The summed E-state index contributed by atoms with van der Waals surface area (Å²) in [4.78, 5) is 4.08. The van der Waals surface area contributed by atoms with Crippen molar-refractivity contribution in [2.75, 3.05) is 0 Å². The maximum Gasteiger partial charge on any atom is 0.0946 e. The van der Waals surface area contributed by atoms with Gasteiger partial charge in [0, 0.05) is 22.4 Å². The van der Waals surface area contributed by atoms with E-state index in [1.54, 1.807) is 18.6 Å². The summed E-state index contributed by atoms with van der Waals surface area (Å²) in [5.74, 6) is 0. The first-order valence-corrected chi connectivity index (χ1v) is 8.71. The molecule has 0 N–H and O–H groups in total. The smallest absolute Gasteiger partial charge is 0.0946 e. The minimum Gasteiger partial charge on any atom is -0.368 e. The molecule has 0 spiro atoms. The molecule has 1 unspecified atom stereocenters. The lowest BCUT2D eigenvalue weighted by Crippen LogP contribution is -2.17. The van der Waals surface area contributed by atoms with Gasteiger partial charge in [0.1, 0.15) is 0 Å². The molecule has 25 heavy (non-hydrogen) atoms. The maximum absolute atomic E-state index is 6.23. The van der Waals surface area contributed by atoms with Gasteiger partial charge in [0.15, 0.2) is 0 Å². The van der Waals surface area contributed by atoms with E-state index in [2.05, 4.69) is 29.3 Å². The van der Waals surface area contributed by atoms with Gasteiger partial charge in [-0.25, -0.2) is 4.98 Å². The van der Waals surface area contributed by atoms with E-state index < -0.39 is 0 Å². The first-order valence-electron chi connectivity index (χ1n) is 7.95. The van der Waals surface area contributed by atoms with Gasteiger partial charge in [-0.15, -0.1) is 0 Å². The number of hydrogen-bond donors (Lipinski definition) is 0. The Morgan fingerprint density at radius 3 is 2.68 bits per heavy atom. The number of hydrogen-bond acceptors (Lipinski definition) is 2. The molecule has 0 fully saturated rings. The van der Waals surface area contributed by atoms with Crippen LogP contribution in [0.5, 0.6) is 0 Å². The molecule has 1 aromatic heterocycles. The molecule has 0 amide bonds. The number of nitrogens with zero attached hydrogens (tertiary/aromatic N) is 2. The van der Waals surface area contributed by atoms with Gasteiger partial charge in [-0.05, 0) is 23.3 Å². The van der Waals surface area contributed by atoms with Crippen molar-refractivity contribution in [1.82, 2.24) is 9.55 Å². The summed E-state index contributed by atoms with van der Waals surface area (Å²) >= 11 is 12.2. The van der Waals surface area contributed by atoms with Crippen LogP contribution in [-0.4, -0.2) is 15.7 Å². The molecular formula is C20H18Cl2N2O. The standard InChI is InChI=1S/C20H18Cl2N2O/c21-18-8-7-17(20(22)12-18)14-25-19(13-24-11-10-23-15-24)9-6-16-4-2-1-3-5-16/h1-12,15,19H,13-14H2. The van der Waals surface area contributed by atoms with Crippen LogP contribution in [0.1, 0.15) is 11.1 Å². The third-order valence-corrected chi connectivity index (χ3v) is 4.31. The molecule has 0 saturated carbocycles. The Balaban J connectivity index is 1.70. The summed E-state index contributed by atoms with van der Waals surface area (Å²) in [6.45, 7) is 1.09. The second-order valence-electron chi connectivity index (χ2n) is 5.61. The van der Waals surface area contributed by atoms with Crippen LogP contribution in [0.2, 0.25) is 10.0 Å². The second-order valence-corrected chi connectivity index (χ2v) is 6.46. The summed E-state index contributed by atoms with van der Waals surface area (Å²) in [6, 6.07) is 15.6. The zero-order valence-corrected chi connectivity index (χ0v) is 15.1. The Labute approximate surface area is 157 Å². The minimum atomic E-state index is -0.110. The fourth-order valence-corrected chi connectivity index (χ4v) is 2.85. The molecule has 0 bridgehead atoms. The molecule has 3 rings (SSSR count). The predicted molar refractivity (Wildman–Crippen MR) is 103 cm³/mol. The van der Waals surface area contributed by atoms with Crippen molar-refractivity contribution in [2.24, 2.45) is 0 Å². The Kier molecular flexibility index (Phi) is 6.29. The van der Waals surface area contributed by atoms with Crippen LogP contribution in [0, 0.1) is 0 Å². The summed E-state index contributed by atoms with van der Waals surface area (Å²) in [6.07, 6.45) is 9.46. The fourth-order valence-electron chi connectivity index (χ4n) is 2.39. The summed E-state index contributed by atoms with van der Waals surface area (Å²) < 4.78 is 8.07. The van der Waals surface area contributed by atoms with E-state index in [0.29, 0.717) is 23.2 Å². The lowest BCUT2D eigenvalue weighted by atomic mass is 10.2. The molecule has 1 atom stereocenters. The maximum atomic E-state index is 6.23. The number of benzene rings is 2. The van der Waals surface area contributed by atoms with Crippen molar-refractivity contribution < 1.29 is 4.74 Å². The Morgan fingerprint density at radius 2 is 1.96 bits per heavy atom. The second kappa shape index (κ2) is 8.86. The molecular weight excluding hydrogens is 355 g/mol. The summed E-state index contributed by atoms with van der Waals surface area (Å²) in [5.41, 5.74) is 2.04. The zero-order chi connectivity index (χ0) is 17.5. The Morgan fingerprint density at radius 1 is 1.12 bits per heavy atom. The lowest BCUT2D eigenvalue weighted by molar-refractivity contribution is 0.0613. The van der Waals surface area contributed by atoms with Crippen LogP contribution in [0.15, 0.2) is 73.3 Å². The molecule has 0 aliphatic heterocycles. The van der Waals surface area contributed by atoms with Crippen LogP contribution in [0.25, 0.3) is 6.08 Å². The highest BCUT2D eigenvalue weighted by molar-refractivity contribution is 6.35. The van der Waals surface area contributed by atoms with E-state index in [1.807, 2.05) is 41.1 Å². The Hall–Kier alpha value is -2.07. The third-order valence-electron chi connectivity index (χ3n) is 3.72. The van der Waals surface area contributed by atoms with Gasteiger partial charge in [0.25, 0.3) is 0 Å². The molecule has 5 heteroatoms. The largest absolute Gasteiger partial charge is 0.368 e. The summed E-state index contributed by atoms with van der Waals surface area (Å²) in [7, 11) is 0. The van der Waals surface area contributed by atoms with Crippen LogP contribution in [0.3, 0.4) is 0 Å². The van der Waals surface area contributed by atoms with Crippen molar-refractivity contribution in [1.29, 1.82) is 0 Å². The van der Waals surface area contributed by atoms with Crippen molar-refractivity contribution in [3.8, 4) is 0 Å². The average Bonchev–Trinajstić information content (AvgIpc) is 3.12. The van der Waals surface area contributed by atoms with Gasteiger partial charge in [-0.2, -0.15) is 0 Å². The molecule has 3 nitrogen and oxygen atoms in total. The van der Waals surface area contributed by atoms with Gasteiger partial charge >= 0.3 is 0 Å². The van der Waals surface area contributed by atoms with Crippen LogP contribution >= 0.6 is 23.2 Å². The van der Waals surface area contributed by atoms with Crippen LogP contribution < -0.4 is 0 Å². The van der Waals surface area contributed by atoms with Crippen molar-refractivity contribution in [3.05, 3.63) is 94.5 Å². The normalized spacial score (nSPS) is 12.6. The van der Waals surface area contributed by atoms with Crippen LogP contribution in [-0.2, 0) is 17.9 Å². The molecule has 2 aromatic carbocycles. The molecule has 0 aliphatic rings. The van der Waals surface area contributed by atoms with Gasteiger partial charge in [-0.1, -0.05) is 71.8 Å². The van der Waals surface area contributed by atoms with E-state index in [0.717, 1.165) is 11.1 Å². The minimum absolute atomic E-state index is 0.110. The summed E-state index contributed by atoms with van der Waals surface area (Å²) in [5, 5.41) is 1.23. The van der Waals surface area contributed by atoms with Gasteiger partial charge in [0.05, 0.1) is 25.6 Å². The fraction of sp³-hybridized carbons (Fsp3) is 0.150. The molecule has 1 heterocycles. The SMILES string of the molecule is Clc1ccc(COC(C=Cc2ccccc2)Cn2ccnc2)c(Cl)c1. The molecule has 0 aliphatic carbocycles. The molecule has 0 radical (unpaired) electrons. The van der Waals surface area contributed by atoms with Gasteiger partial charge < -0.3 is 9.30 Å². The number of halogens is 2. The van der Waals surface area contributed by atoms with Crippen molar-refractivity contribution >= 4 is 29.3 Å². The topological polar surface area (TPSA) is 27.1 Å². The molecule has 128 valence electrons. The molecule has 3 aromatic rings. The van der Waals surface area contributed by atoms with Gasteiger partial charge in [0.2, 0.25) is 0 Å². The van der Waals surface area contributed by atoms with E-state index in [-0.39, 0.29) is 6.10 Å². The molecule has 0 saturated heterocycles. The zero-order valence-electron chi connectivity index (χ0n) is 13.6. The lowest BCUT2D eigenvalue weighted by Gasteiger charge is -2.16. The van der Waals surface area contributed by atoms with Crippen molar-refractivity contribution in [3.63, 3.8) is 0 Å². The third kappa shape index (κ3) is 5.46. The highest BCUT2D eigenvalue weighted by atomic mass is 35.5. The van der Waals surface area contributed by atoms with E-state index in [4.69, 9.17) is 27.9 Å². The monoisotopic (exact) mass is 372 g/mol. The highest BCUT2D eigenvalue weighted by Gasteiger charge is 2.09. The first-order chi connectivity index (χ1) is 12.2. The van der Waals surface area contributed by atoms with E-state index in [9.17, 15) is 0 Å². The number of aromatic nitrogens is 2. The number of ether oxygens (including phenoxy) is 1. The average molecular weight is 373 g/mol. The predicted octanol–water partition coefficient (Wildman–Crippen LogP) is 5.49.